The van der Waals surface area contributed by atoms with E-state index in [2.05, 4.69) is 4.57 Å². The molecule has 2 saturated heterocycles. The summed E-state index contributed by atoms with van der Waals surface area (Å²) in [5.74, 6) is -3.10. The molecule has 0 unspecified atom stereocenters. The van der Waals surface area contributed by atoms with E-state index in [1.807, 2.05) is 24.3 Å². The van der Waals surface area contributed by atoms with Crippen LogP contribution >= 0.6 is 0 Å². The molecule has 2 fully saturated rings. The number of aromatic nitrogens is 1. The molecule has 2 aromatic rings. The van der Waals surface area contributed by atoms with Crippen molar-refractivity contribution in [3.05, 3.63) is 35.5 Å². The quantitative estimate of drug-likeness (QED) is 0.658. The van der Waals surface area contributed by atoms with E-state index in [4.69, 9.17) is 4.74 Å². The average Bonchev–Trinajstić information content (AvgIpc) is 3.23. The van der Waals surface area contributed by atoms with Gasteiger partial charge in [-0.3, -0.25) is 4.79 Å². The van der Waals surface area contributed by atoms with Crippen molar-refractivity contribution < 1.29 is 23.1 Å². The van der Waals surface area contributed by atoms with E-state index in [1.165, 1.54) is 0 Å². The van der Waals surface area contributed by atoms with Gasteiger partial charge in [-0.2, -0.15) is 0 Å². The Morgan fingerprint density at radius 2 is 1.72 bits per heavy atom. The van der Waals surface area contributed by atoms with Crippen molar-refractivity contribution in [2.45, 2.75) is 58.1 Å². The van der Waals surface area contributed by atoms with Gasteiger partial charge in [-0.1, -0.05) is 18.2 Å². The van der Waals surface area contributed by atoms with Crippen molar-refractivity contribution in [3.63, 3.8) is 0 Å². The Hall–Kier alpha value is -2.64. The molecule has 3 aliphatic heterocycles. The number of rotatable bonds is 1. The van der Waals surface area contributed by atoms with Gasteiger partial charge in [-0.25, -0.2) is 13.6 Å². The normalized spacial score (nSPS) is 21.5. The SMILES string of the molecule is CC(C)(C)OC(=O)N1CC(F)(F)CC2(C1)CN(C(=O)c1c3n(c4ccccc14)CCC3)C2. The number of ether oxygens (including phenoxy) is 1. The van der Waals surface area contributed by atoms with Crippen LogP contribution in [0.25, 0.3) is 10.9 Å². The van der Waals surface area contributed by atoms with Gasteiger partial charge in [0.15, 0.2) is 0 Å². The summed E-state index contributed by atoms with van der Waals surface area (Å²) >= 11 is 0. The van der Waals surface area contributed by atoms with Crippen LogP contribution in [0.3, 0.4) is 0 Å². The molecule has 1 aromatic heterocycles. The van der Waals surface area contributed by atoms with Crippen molar-refractivity contribution in [1.29, 1.82) is 0 Å². The molecule has 0 N–H and O–H groups in total. The summed E-state index contributed by atoms with van der Waals surface area (Å²) in [6, 6.07) is 7.88. The van der Waals surface area contributed by atoms with Gasteiger partial charge in [-0.15, -0.1) is 0 Å². The van der Waals surface area contributed by atoms with E-state index in [1.54, 1.807) is 25.7 Å². The van der Waals surface area contributed by atoms with E-state index < -0.39 is 29.6 Å². The van der Waals surface area contributed by atoms with Crippen LogP contribution in [0.4, 0.5) is 13.6 Å². The molecule has 32 heavy (non-hydrogen) atoms. The summed E-state index contributed by atoms with van der Waals surface area (Å²) in [5, 5.41) is 0.928. The lowest BCUT2D eigenvalue weighted by atomic mass is 9.72. The maximum atomic E-state index is 14.6. The average molecular weight is 446 g/mol. The molecule has 1 aromatic carbocycles. The molecule has 3 aliphatic rings. The first kappa shape index (κ1) is 21.2. The highest BCUT2D eigenvalue weighted by atomic mass is 19.3. The Labute approximate surface area is 186 Å². The number of benzene rings is 1. The van der Waals surface area contributed by atoms with Gasteiger partial charge >= 0.3 is 6.09 Å². The topological polar surface area (TPSA) is 54.8 Å². The first-order chi connectivity index (χ1) is 15.0. The standard InChI is InChI=1S/C24H29F2N3O3/c1-22(2,3)32-21(31)28-14-23(11-24(25,26)15-28)12-27(13-23)20(30)19-16-7-4-5-8-17(16)29-10-6-9-18(19)29/h4-5,7-8H,6,9-15H2,1-3H3. The molecule has 0 bridgehead atoms. The molecular formula is C24H29F2N3O3. The van der Waals surface area contributed by atoms with Gasteiger partial charge in [0.25, 0.3) is 11.8 Å². The largest absolute Gasteiger partial charge is 0.444 e. The van der Waals surface area contributed by atoms with E-state index >= 15 is 0 Å². The van der Waals surface area contributed by atoms with Crippen molar-refractivity contribution in [1.82, 2.24) is 14.4 Å². The van der Waals surface area contributed by atoms with Crippen LogP contribution in [-0.4, -0.2) is 64.1 Å². The number of fused-ring (bicyclic) bond motifs is 3. The lowest BCUT2D eigenvalue weighted by Gasteiger charge is -2.55. The van der Waals surface area contributed by atoms with E-state index in [0.717, 1.165) is 40.9 Å². The third-order valence-electron chi connectivity index (χ3n) is 6.66. The van der Waals surface area contributed by atoms with Crippen molar-refractivity contribution in [2.75, 3.05) is 26.2 Å². The van der Waals surface area contributed by atoms with Crippen molar-refractivity contribution in [3.8, 4) is 0 Å². The number of piperidine rings is 1. The fourth-order valence-corrected chi connectivity index (χ4v) is 5.65. The minimum absolute atomic E-state index is 0.0971. The molecule has 0 atom stereocenters. The van der Waals surface area contributed by atoms with Gasteiger partial charge < -0.3 is 19.1 Å². The van der Waals surface area contributed by atoms with Crippen LogP contribution in [0.5, 0.6) is 0 Å². The van der Waals surface area contributed by atoms with Crippen molar-refractivity contribution in [2.24, 2.45) is 5.41 Å². The van der Waals surface area contributed by atoms with Gasteiger partial charge in [0.1, 0.15) is 5.60 Å². The van der Waals surface area contributed by atoms with Crippen LogP contribution in [0.2, 0.25) is 0 Å². The van der Waals surface area contributed by atoms with E-state index in [9.17, 15) is 18.4 Å². The van der Waals surface area contributed by atoms with Gasteiger partial charge in [0.2, 0.25) is 0 Å². The maximum absolute atomic E-state index is 14.6. The third-order valence-corrected chi connectivity index (χ3v) is 6.66. The molecule has 5 rings (SSSR count). The van der Waals surface area contributed by atoms with Gasteiger partial charge in [0, 0.05) is 54.6 Å². The minimum Gasteiger partial charge on any atom is -0.444 e. The van der Waals surface area contributed by atoms with Gasteiger partial charge in [-0.05, 0) is 39.7 Å². The molecule has 2 amide bonds. The number of aryl methyl sites for hydroxylation is 1. The number of carbonyl (C=O) groups is 2. The number of carbonyl (C=O) groups excluding carboxylic acids is 2. The smallest absolute Gasteiger partial charge is 0.410 e. The number of halogens is 2. The zero-order valence-electron chi connectivity index (χ0n) is 18.8. The zero-order valence-corrected chi connectivity index (χ0v) is 18.8. The van der Waals surface area contributed by atoms with Crippen LogP contribution in [0.1, 0.15) is 49.7 Å². The predicted octanol–water partition coefficient (Wildman–Crippen LogP) is 4.31. The van der Waals surface area contributed by atoms with Crippen LogP contribution in [-0.2, 0) is 17.7 Å². The molecule has 0 saturated carbocycles. The second-order valence-electron chi connectivity index (χ2n) is 10.6. The molecule has 1 spiro atoms. The highest BCUT2D eigenvalue weighted by Crippen LogP contribution is 2.46. The van der Waals surface area contributed by atoms with Crippen LogP contribution in [0.15, 0.2) is 24.3 Å². The molecule has 4 heterocycles. The number of nitrogens with zero attached hydrogens (tertiary/aromatic N) is 3. The van der Waals surface area contributed by atoms with Crippen molar-refractivity contribution >= 4 is 22.9 Å². The summed E-state index contributed by atoms with van der Waals surface area (Å²) < 4.78 is 36.7. The fraction of sp³-hybridized carbons (Fsp3) is 0.583. The maximum Gasteiger partial charge on any atom is 0.410 e. The number of para-hydroxylation sites is 1. The summed E-state index contributed by atoms with van der Waals surface area (Å²) in [5.41, 5.74) is 1.25. The zero-order chi connectivity index (χ0) is 22.9. The lowest BCUT2D eigenvalue weighted by molar-refractivity contribution is -0.148. The Morgan fingerprint density at radius 3 is 2.44 bits per heavy atom. The van der Waals surface area contributed by atoms with E-state index in [0.29, 0.717) is 5.56 Å². The Morgan fingerprint density at radius 1 is 1.03 bits per heavy atom. The number of amides is 2. The summed E-state index contributed by atoms with van der Waals surface area (Å²) in [4.78, 5) is 28.7. The second kappa shape index (κ2) is 6.93. The monoisotopic (exact) mass is 445 g/mol. The van der Waals surface area contributed by atoms with Crippen LogP contribution in [0, 0.1) is 5.41 Å². The predicted molar refractivity (Wildman–Crippen MR) is 116 cm³/mol. The summed E-state index contributed by atoms with van der Waals surface area (Å²) in [6.45, 7) is 6.02. The summed E-state index contributed by atoms with van der Waals surface area (Å²) in [7, 11) is 0. The fourth-order valence-electron chi connectivity index (χ4n) is 5.65. The third kappa shape index (κ3) is 3.53. The molecule has 0 aliphatic carbocycles. The number of hydrogen-bond acceptors (Lipinski definition) is 3. The van der Waals surface area contributed by atoms with E-state index in [-0.39, 0.29) is 32.0 Å². The Kier molecular flexibility index (Phi) is 4.59. The molecule has 0 radical (unpaired) electrons. The first-order valence-corrected chi connectivity index (χ1v) is 11.2. The molecule has 172 valence electrons. The summed E-state index contributed by atoms with van der Waals surface area (Å²) in [6.07, 6.45) is 0.801. The van der Waals surface area contributed by atoms with Gasteiger partial charge in [0.05, 0.1) is 12.1 Å². The van der Waals surface area contributed by atoms with Crippen LogP contribution < -0.4 is 0 Å². The second-order valence-corrected chi connectivity index (χ2v) is 10.6. The number of likely N-dealkylation sites (tertiary alicyclic amines) is 2. The first-order valence-electron chi connectivity index (χ1n) is 11.2. The highest BCUT2D eigenvalue weighted by Gasteiger charge is 2.57. The highest BCUT2D eigenvalue weighted by molar-refractivity contribution is 6.09. The molecular weight excluding hydrogens is 416 g/mol. The minimum atomic E-state index is -3.01. The Balaban J connectivity index is 1.37. The number of alkyl halides is 2. The number of hydrogen-bond donors (Lipinski definition) is 0. The molecule has 6 nitrogen and oxygen atoms in total. The lowest BCUT2D eigenvalue weighted by Crippen LogP contribution is -2.68. The molecule has 8 heteroatoms. The Bertz CT molecular complexity index is 1100.